The van der Waals surface area contributed by atoms with Crippen molar-refractivity contribution in [3.63, 3.8) is 0 Å². The van der Waals surface area contributed by atoms with Gasteiger partial charge in [-0.05, 0) is 19.3 Å². The fourth-order valence-electron chi connectivity index (χ4n) is 2.88. The first-order chi connectivity index (χ1) is 6.71. The first-order valence-electron chi connectivity index (χ1n) is 4.98. The summed E-state index contributed by atoms with van der Waals surface area (Å²) >= 11 is 0. The summed E-state index contributed by atoms with van der Waals surface area (Å²) in [6.07, 6.45) is 3.28. The number of fused-ring (bicyclic) bond motifs is 1. The predicted molar refractivity (Wildman–Crippen MR) is 48.6 cm³/mol. The first-order valence-corrected chi connectivity index (χ1v) is 4.98. The summed E-state index contributed by atoms with van der Waals surface area (Å²) in [6.45, 7) is 0.586. The molecule has 4 nitrogen and oxygen atoms in total. The third-order valence-corrected chi connectivity index (χ3v) is 3.61. The quantitative estimate of drug-likeness (QED) is 0.626. The number of carbonyl (C=O) groups is 1. The van der Waals surface area contributed by atoms with Gasteiger partial charge in [0, 0.05) is 13.5 Å². The Kier molecular flexibility index (Phi) is 2.27. The zero-order chi connectivity index (χ0) is 10.2. The number of hydrogen-bond donors (Lipinski definition) is 0. The highest BCUT2D eigenvalue weighted by Crippen LogP contribution is 2.56. The molecule has 0 aromatic heterocycles. The topological polar surface area (TPSA) is 44.8 Å². The second-order valence-corrected chi connectivity index (χ2v) is 3.98. The summed E-state index contributed by atoms with van der Waals surface area (Å²) < 4.78 is 15.9. The molecule has 0 amide bonds. The van der Waals surface area contributed by atoms with Crippen molar-refractivity contribution >= 4 is 5.97 Å². The van der Waals surface area contributed by atoms with Gasteiger partial charge in [-0.3, -0.25) is 4.79 Å². The van der Waals surface area contributed by atoms with Gasteiger partial charge in [0.2, 0.25) is 0 Å². The lowest BCUT2D eigenvalue weighted by atomic mass is 9.80. The lowest BCUT2D eigenvalue weighted by molar-refractivity contribution is -0.236. The molecule has 0 aromatic rings. The van der Waals surface area contributed by atoms with E-state index in [9.17, 15) is 4.79 Å². The lowest BCUT2D eigenvalue weighted by Gasteiger charge is -2.35. The van der Waals surface area contributed by atoms with E-state index < -0.39 is 11.2 Å². The van der Waals surface area contributed by atoms with Crippen LogP contribution in [0.1, 0.15) is 25.7 Å². The molecule has 1 heterocycles. The molecule has 1 aliphatic carbocycles. The summed E-state index contributed by atoms with van der Waals surface area (Å²) in [4.78, 5) is 11.8. The average Bonchev–Trinajstić information content (AvgIpc) is 2.71. The SMILES string of the molecule is COC(=O)C12CCCC1(OC)OCC2. The molecular weight excluding hydrogens is 184 g/mol. The third-order valence-electron chi connectivity index (χ3n) is 3.61. The normalized spacial score (nSPS) is 41.0. The molecule has 1 aliphatic heterocycles. The van der Waals surface area contributed by atoms with Crippen LogP contribution in [0, 0.1) is 5.41 Å². The average molecular weight is 200 g/mol. The minimum absolute atomic E-state index is 0.186. The highest BCUT2D eigenvalue weighted by Gasteiger charge is 2.65. The first kappa shape index (κ1) is 9.93. The molecule has 4 heteroatoms. The van der Waals surface area contributed by atoms with Crippen molar-refractivity contribution in [3.05, 3.63) is 0 Å². The summed E-state index contributed by atoms with van der Waals surface area (Å²) in [7, 11) is 3.03. The predicted octanol–water partition coefficient (Wildman–Crippen LogP) is 1.09. The summed E-state index contributed by atoms with van der Waals surface area (Å²) in [5.74, 6) is -0.894. The number of hydrogen-bond acceptors (Lipinski definition) is 4. The van der Waals surface area contributed by atoms with Crippen molar-refractivity contribution in [2.75, 3.05) is 20.8 Å². The van der Waals surface area contributed by atoms with Crippen molar-refractivity contribution in [1.82, 2.24) is 0 Å². The Bertz CT molecular complexity index is 239. The van der Waals surface area contributed by atoms with Gasteiger partial charge in [-0.1, -0.05) is 0 Å². The number of ether oxygens (including phenoxy) is 3. The van der Waals surface area contributed by atoms with Crippen molar-refractivity contribution in [3.8, 4) is 0 Å². The van der Waals surface area contributed by atoms with E-state index in [1.165, 1.54) is 7.11 Å². The van der Waals surface area contributed by atoms with E-state index in [-0.39, 0.29) is 5.97 Å². The highest BCUT2D eigenvalue weighted by atomic mass is 16.7. The van der Waals surface area contributed by atoms with Crippen LogP contribution in [0.5, 0.6) is 0 Å². The van der Waals surface area contributed by atoms with Gasteiger partial charge < -0.3 is 14.2 Å². The molecule has 2 atom stereocenters. The molecular formula is C10H16O4. The Morgan fingerprint density at radius 2 is 2.07 bits per heavy atom. The Morgan fingerprint density at radius 3 is 2.71 bits per heavy atom. The summed E-state index contributed by atoms with van der Waals surface area (Å²) in [5, 5.41) is 0. The number of methoxy groups -OCH3 is 2. The van der Waals surface area contributed by atoms with Gasteiger partial charge in [0.1, 0.15) is 5.41 Å². The molecule has 14 heavy (non-hydrogen) atoms. The molecule has 0 spiro atoms. The fraction of sp³-hybridized carbons (Fsp3) is 0.900. The lowest BCUT2D eigenvalue weighted by Crippen LogP contribution is -2.48. The Labute approximate surface area is 83.5 Å². The van der Waals surface area contributed by atoms with Gasteiger partial charge >= 0.3 is 5.97 Å². The second kappa shape index (κ2) is 3.21. The van der Waals surface area contributed by atoms with Crippen LogP contribution in [-0.2, 0) is 19.0 Å². The van der Waals surface area contributed by atoms with Gasteiger partial charge in [0.15, 0.2) is 5.79 Å². The van der Waals surface area contributed by atoms with E-state index >= 15 is 0 Å². The molecule has 80 valence electrons. The maximum Gasteiger partial charge on any atom is 0.317 e. The van der Waals surface area contributed by atoms with Crippen LogP contribution in [0.2, 0.25) is 0 Å². The Balaban J connectivity index is 2.35. The van der Waals surface area contributed by atoms with Gasteiger partial charge in [0.25, 0.3) is 0 Å². The smallest absolute Gasteiger partial charge is 0.317 e. The molecule has 2 aliphatic rings. The van der Waals surface area contributed by atoms with Crippen molar-refractivity contribution in [2.24, 2.45) is 5.41 Å². The Hall–Kier alpha value is -0.610. The maximum atomic E-state index is 11.8. The molecule has 0 bridgehead atoms. The van der Waals surface area contributed by atoms with Crippen molar-refractivity contribution in [2.45, 2.75) is 31.5 Å². The minimum atomic E-state index is -0.708. The van der Waals surface area contributed by atoms with Gasteiger partial charge in [0.05, 0.1) is 13.7 Å². The van der Waals surface area contributed by atoms with E-state index in [2.05, 4.69) is 0 Å². The number of rotatable bonds is 2. The van der Waals surface area contributed by atoms with E-state index in [0.717, 1.165) is 19.3 Å². The van der Waals surface area contributed by atoms with Crippen molar-refractivity contribution < 1.29 is 19.0 Å². The van der Waals surface area contributed by atoms with Crippen LogP contribution < -0.4 is 0 Å². The minimum Gasteiger partial charge on any atom is -0.468 e. The highest BCUT2D eigenvalue weighted by molar-refractivity contribution is 5.79. The molecule has 1 saturated heterocycles. The van der Waals surface area contributed by atoms with Crippen molar-refractivity contribution in [1.29, 1.82) is 0 Å². The molecule has 0 radical (unpaired) electrons. The van der Waals surface area contributed by atoms with Crippen LogP contribution >= 0.6 is 0 Å². The zero-order valence-electron chi connectivity index (χ0n) is 8.67. The zero-order valence-corrected chi connectivity index (χ0v) is 8.67. The molecule has 2 rings (SSSR count). The maximum absolute atomic E-state index is 11.8. The molecule has 0 aromatic carbocycles. The van der Waals surface area contributed by atoms with Gasteiger partial charge in [-0.15, -0.1) is 0 Å². The van der Waals surface area contributed by atoms with Crippen LogP contribution in [0.15, 0.2) is 0 Å². The molecule has 0 N–H and O–H groups in total. The Morgan fingerprint density at radius 1 is 1.29 bits per heavy atom. The molecule has 1 saturated carbocycles. The van der Waals surface area contributed by atoms with Crippen LogP contribution in [0.3, 0.4) is 0 Å². The van der Waals surface area contributed by atoms with E-state index in [1.807, 2.05) is 0 Å². The monoisotopic (exact) mass is 200 g/mol. The summed E-state index contributed by atoms with van der Waals surface area (Å²) in [5.41, 5.74) is -0.545. The largest absolute Gasteiger partial charge is 0.468 e. The fourth-order valence-corrected chi connectivity index (χ4v) is 2.88. The van der Waals surface area contributed by atoms with E-state index in [4.69, 9.17) is 14.2 Å². The standard InChI is InChI=1S/C10H16O4/c1-12-8(11)9-4-3-5-10(9,13-2)14-7-6-9/h3-7H2,1-2H3. The van der Waals surface area contributed by atoms with E-state index in [0.29, 0.717) is 13.0 Å². The third kappa shape index (κ3) is 0.982. The van der Waals surface area contributed by atoms with Gasteiger partial charge in [-0.2, -0.15) is 0 Å². The van der Waals surface area contributed by atoms with Crippen LogP contribution in [0.4, 0.5) is 0 Å². The van der Waals surface area contributed by atoms with Crippen LogP contribution in [0.25, 0.3) is 0 Å². The number of carbonyl (C=O) groups excluding carboxylic acids is 1. The second-order valence-electron chi connectivity index (χ2n) is 3.98. The molecule has 2 fully saturated rings. The van der Waals surface area contributed by atoms with Crippen LogP contribution in [-0.4, -0.2) is 32.6 Å². The molecule has 2 unspecified atom stereocenters. The summed E-state index contributed by atoms with van der Waals surface area (Å²) in [6, 6.07) is 0. The number of esters is 1. The van der Waals surface area contributed by atoms with Gasteiger partial charge in [-0.25, -0.2) is 0 Å². The van der Waals surface area contributed by atoms with E-state index in [1.54, 1.807) is 7.11 Å².